The van der Waals surface area contributed by atoms with Crippen LogP contribution in [0.4, 0.5) is 0 Å². The van der Waals surface area contributed by atoms with E-state index in [4.69, 9.17) is 0 Å². The van der Waals surface area contributed by atoms with Gasteiger partial charge in [0.15, 0.2) is 11.1 Å². The fraction of sp³-hybridized carbons (Fsp3) is 0.714. The van der Waals surface area contributed by atoms with Crippen molar-refractivity contribution in [1.82, 2.24) is 10.9 Å². The minimum Gasteiger partial charge on any atom is -0.270 e. The van der Waals surface area contributed by atoms with Crippen molar-refractivity contribution in [3.63, 3.8) is 0 Å². The van der Waals surface area contributed by atoms with Crippen LogP contribution in [0.25, 0.3) is 0 Å². The fourth-order valence-corrected chi connectivity index (χ4v) is 0.940. The number of hydrogen-bond donors (Lipinski definition) is 2. The average Bonchev–Trinajstić information content (AvgIpc) is 2.39. The molecule has 0 aromatic rings. The molecule has 0 rings (SSSR count). The van der Waals surface area contributed by atoms with Crippen molar-refractivity contribution in [2.75, 3.05) is 0 Å². The van der Waals surface area contributed by atoms with Crippen LogP contribution in [-0.4, -0.2) is 34.3 Å². The van der Waals surface area contributed by atoms with E-state index in [9.17, 15) is 9.59 Å². The molecule has 0 aromatic carbocycles. The number of azo groups is 1. The highest BCUT2D eigenvalue weighted by Gasteiger charge is 2.32. The summed E-state index contributed by atoms with van der Waals surface area (Å²) in [7, 11) is 0. The van der Waals surface area contributed by atoms with Crippen LogP contribution in [0.1, 0.15) is 55.4 Å². The lowest BCUT2D eigenvalue weighted by atomic mass is 10.1. The molecule has 0 spiro atoms. The first-order valence-electron chi connectivity index (χ1n) is 6.95. The highest BCUT2D eigenvalue weighted by Crippen LogP contribution is 2.16. The molecule has 0 radical (unpaired) electrons. The summed E-state index contributed by atoms with van der Waals surface area (Å²) in [6, 6.07) is 0. The van der Waals surface area contributed by atoms with E-state index >= 15 is 0 Å². The highest BCUT2D eigenvalue weighted by molar-refractivity contribution is 5.88. The fourth-order valence-electron chi connectivity index (χ4n) is 0.940. The van der Waals surface area contributed by atoms with Crippen LogP contribution in [0.2, 0.25) is 0 Å². The Morgan fingerprint density at radius 3 is 1.18 bits per heavy atom. The van der Waals surface area contributed by atoms with Crippen molar-refractivity contribution < 1.29 is 9.59 Å². The number of amides is 2. The maximum atomic E-state index is 12.0. The van der Waals surface area contributed by atoms with Crippen molar-refractivity contribution in [1.29, 1.82) is 0 Å². The summed E-state index contributed by atoms with van der Waals surface area (Å²) in [6.45, 7) is 13.4. The smallest absolute Gasteiger partial charge is 0.269 e. The Hall–Kier alpha value is -2.12. The van der Waals surface area contributed by atoms with Gasteiger partial charge in [-0.15, -0.1) is 0 Å². The summed E-state index contributed by atoms with van der Waals surface area (Å²) in [5.74, 6) is -0.813. The Morgan fingerprint density at radius 1 is 0.682 bits per heavy atom. The van der Waals surface area contributed by atoms with Gasteiger partial charge in [-0.2, -0.15) is 20.4 Å². The highest BCUT2D eigenvalue weighted by atomic mass is 16.2. The van der Waals surface area contributed by atoms with E-state index in [2.05, 4.69) is 31.3 Å². The lowest BCUT2D eigenvalue weighted by Gasteiger charge is -2.20. The molecular formula is C14H26N6O2. The normalized spacial score (nSPS) is 11.8. The predicted octanol–water partition coefficient (Wildman–Crippen LogP) is 2.02. The van der Waals surface area contributed by atoms with Crippen LogP contribution in [0.5, 0.6) is 0 Å². The van der Waals surface area contributed by atoms with Crippen molar-refractivity contribution in [2.45, 2.75) is 66.5 Å². The average molecular weight is 310 g/mol. The van der Waals surface area contributed by atoms with Crippen LogP contribution in [-0.2, 0) is 9.59 Å². The summed E-state index contributed by atoms with van der Waals surface area (Å²) >= 11 is 0. The number of carbonyl (C=O) groups is 2. The molecule has 0 aliphatic carbocycles. The van der Waals surface area contributed by atoms with Crippen LogP contribution in [0, 0.1) is 0 Å². The summed E-state index contributed by atoms with van der Waals surface area (Å²) in [5.41, 5.74) is 3.96. The van der Waals surface area contributed by atoms with Gasteiger partial charge in [0.2, 0.25) is 0 Å². The number of nitrogens with zero attached hydrogens (tertiary/aromatic N) is 4. The maximum absolute atomic E-state index is 12.0. The third-order valence-electron chi connectivity index (χ3n) is 2.42. The lowest BCUT2D eigenvalue weighted by molar-refractivity contribution is -0.127. The van der Waals surface area contributed by atoms with Gasteiger partial charge in [0.1, 0.15) is 0 Å². The zero-order valence-corrected chi connectivity index (χ0v) is 14.6. The van der Waals surface area contributed by atoms with Gasteiger partial charge in [0.25, 0.3) is 11.8 Å². The van der Waals surface area contributed by atoms with Crippen LogP contribution >= 0.6 is 0 Å². The molecule has 2 amide bonds. The SMILES string of the molecule is CC(C)=NNC(=O)C(C)(C)N=NC(C)(C)C(=O)NN=C(C)C. The van der Waals surface area contributed by atoms with Gasteiger partial charge in [-0.3, -0.25) is 9.59 Å². The first-order chi connectivity index (χ1) is 9.88. The van der Waals surface area contributed by atoms with Crippen molar-refractivity contribution >= 4 is 23.2 Å². The summed E-state index contributed by atoms with van der Waals surface area (Å²) in [6.07, 6.45) is 0. The summed E-state index contributed by atoms with van der Waals surface area (Å²) in [5, 5.41) is 15.7. The van der Waals surface area contributed by atoms with Crippen molar-refractivity contribution in [3.8, 4) is 0 Å². The second-order valence-corrected chi connectivity index (χ2v) is 6.32. The van der Waals surface area contributed by atoms with Gasteiger partial charge in [0.05, 0.1) is 0 Å². The summed E-state index contributed by atoms with van der Waals surface area (Å²) < 4.78 is 0. The van der Waals surface area contributed by atoms with E-state index in [0.29, 0.717) is 11.4 Å². The number of carbonyl (C=O) groups excluding carboxylic acids is 2. The Balaban J connectivity index is 4.98. The zero-order valence-electron chi connectivity index (χ0n) is 14.6. The number of hydrogen-bond acceptors (Lipinski definition) is 6. The predicted molar refractivity (Wildman–Crippen MR) is 86.9 cm³/mol. The number of nitrogens with one attached hydrogen (secondary N) is 2. The second-order valence-electron chi connectivity index (χ2n) is 6.32. The van der Waals surface area contributed by atoms with Crippen molar-refractivity contribution in [2.24, 2.45) is 20.4 Å². The molecule has 0 saturated heterocycles. The number of rotatable bonds is 6. The molecule has 0 bridgehead atoms. The molecule has 0 fully saturated rings. The van der Waals surface area contributed by atoms with E-state index < -0.39 is 22.9 Å². The molecular weight excluding hydrogens is 284 g/mol. The lowest BCUT2D eigenvalue weighted by Crippen LogP contribution is -2.41. The molecule has 8 nitrogen and oxygen atoms in total. The quantitative estimate of drug-likeness (QED) is 0.445. The molecule has 0 aromatic heterocycles. The van der Waals surface area contributed by atoms with E-state index in [1.165, 1.54) is 0 Å². The van der Waals surface area contributed by atoms with Gasteiger partial charge in [-0.1, -0.05) is 0 Å². The Bertz CT molecular complexity index is 463. The van der Waals surface area contributed by atoms with Gasteiger partial charge in [-0.25, -0.2) is 10.9 Å². The number of hydrazone groups is 2. The molecule has 0 aliphatic heterocycles. The van der Waals surface area contributed by atoms with Gasteiger partial charge in [-0.05, 0) is 55.4 Å². The van der Waals surface area contributed by atoms with E-state index in [0.717, 1.165) is 0 Å². The molecule has 0 heterocycles. The Kier molecular flexibility index (Phi) is 7.02. The third kappa shape index (κ3) is 7.05. The molecule has 124 valence electrons. The molecule has 0 atom stereocenters. The second kappa shape index (κ2) is 7.77. The largest absolute Gasteiger partial charge is 0.270 e. The third-order valence-corrected chi connectivity index (χ3v) is 2.42. The van der Waals surface area contributed by atoms with Crippen LogP contribution in [0.3, 0.4) is 0 Å². The first kappa shape index (κ1) is 19.9. The standard InChI is InChI=1S/C14H26N6O2/c1-9(2)15-17-11(21)13(5,6)19-20-14(7,8)12(22)18-16-10(3)4/h1-8H3,(H,17,21)(H,18,22). The molecule has 8 heteroatoms. The maximum Gasteiger partial charge on any atom is 0.269 e. The molecule has 2 N–H and O–H groups in total. The van der Waals surface area contributed by atoms with E-state index in [1.54, 1.807) is 55.4 Å². The topological polar surface area (TPSA) is 108 Å². The molecule has 22 heavy (non-hydrogen) atoms. The molecule has 0 unspecified atom stereocenters. The van der Waals surface area contributed by atoms with Gasteiger partial charge < -0.3 is 0 Å². The van der Waals surface area contributed by atoms with Gasteiger partial charge >= 0.3 is 0 Å². The zero-order chi connectivity index (χ0) is 17.6. The molecule has 0 saturated carbocycles. The van der Waals surface area contributed by atoms with E-state index in [-0.39, 0.29) is 0 Å². The Morgan fingerprint density at radius 2 is 0.955 bits per heavy atom. The summed E-state index contributed by atoms with van der Waals surface area (Å²) in [4.78, 5) is 24.0. The van der Waals surface area contributed by atoms with Crippen LogP contribution < -0.4 is 10.9 Å². The minimum atomic E-state index is -1.14. The first-order valence-corrected chi connectivity index (χ1v) is 6.95. The monoisotopic (exact) mass is 310 g/mol. The van der Waals surface area contributed by atoms with Crippen molar-refractivity contribution in [3.05, 3.63) is 0 Å². The van der Waals surface area contributed by atoms with E-state index in [1.807, 2.05) is 0 Å². The van der Waals surface area contributed by atoms with Gasteiger partial charge in [0, 0.05) is 11.4 Å². The van der Waals surface area contributed by atoms with Crippen LogP contribution in [0.15, 0.2) is 20.4 Å². The Labute approximate surface area is 131 Å². The molecule has 0 aliphatic rings. The minimum absolute atomic E-state index is 0.406.